The molecule has 0 radical (unpaired) electrons. The second kappa shape index (κ2) is 5.92. The van der Waals surface area contributed by atoms with Gasteiger partial charge in [-0.3, -0.25) is 0 Å². The fourth-order valence-electron chi connectivity index (χ4n) is 0.531. The minimum atomic E-state index is -0.264. The predicted octanol–water partition coefficient (Wildman–Crippen LogP) is 0.715. The van der Waals surface area contributed by atoms with Crippen LogP contribution in [0.3, 0.4) is 0 Å². The first-order valence-electron chi connectivity index (χ1n) is 3.63. The van der Waals surface area contributed by atoms with Gasteiger partial charge >= 0.3 is 5.97 Å². The molecule has 0 bridgehead atoms. The van der Waals surface area contributed by atoms with E-state index in [1.165, 1.54) is 6.08 Å². The van der Waals surface area contributed by atoms with Crippen molar-refractivity contribution in [3.63, 3.8) is 0 Å². The summed E-state index contributed by atoms with van der Waals surface area (Å²) in [5.74, 6) is -0.264. The zero-order chi connectivity index (χ0) is 8.69. The predicted molar refractivity (Wildman–Crippen MR) is 44.3 cm³/mol. The van der Waals surface area contributed by atoms with Crippen LogP contribution in [0.4, 0.5) is 0 Å². The summed E-state index contributed by atoms with van der Waals surface area (Å²) in [6, 6.07) is 0. The summed E-state index contributed by atoms with van der Waals surface area (Å²) in [6.07, 6.45) is 1.48. The first-order valence-corrected chi connectivity index (χ1v) is 3.63. The number of esters is 1. The van der Waals surface area contributed by atoms with Gasteiger partial charge in [-0.2, -0.15) is 0 Å². The van der Waals surface area contributed by atoms with Crippen LogP contribution in [0.15, 0.2) is 11.6 Å². The molecule has 0 unspecified atom stereocenters. The normalized spacial score (nSPS) is 9.00. The van der Waals surface area contributed by atoms with Crippen LogP contribution in [0, 0.1) is 0 Å². The summed E-state index contributed by atoms with van der Waals surface area (Å²) < 4.78 is 4.82. The lowest BCUT2D eigenvalue weighted by Gasteiger charge is -2.00. The Labute approximate surface area is 67.4 Å². The SMILES string of the molecule is CNCCOC(=O)C=C(C)C. The highest BCUT2D eigenvalue weighted by Crippen LogP contribution is 1.89. The van der Waals surface area contributed by atoms with Gasteiger partial charge in [0.05, 0.1) is 0 Å². The molecule has 11 heavy (non-hydrogen) atoms. The van der Waals surface area contributed by atoms with Crippen molar-refractivity contribution in [1.29, 1.82) is 0 Å². The molecule has 0 aliphatic heterocycles. The number of allylic oxidation sites excluding steroid dienone is 1. The fraction of sp³-hybridized carbons (Fsp3) is 0.625. The zero-order valence-corrected chi connectivity index (χ0v) is 7.31. The number of likely N-dealkylation sites (N-methyl/N-ethyl adjacent to an activating group) is 1. The minimum absolute atomic E-state index is 0.264. The Hall–Kier alpha value is -0.830. The number of nitrogens with one attached hydrogen (secondary N) is 1. The van der Waals surface area contributed by atoms with E-state index in [2.05, 4.69) is 5.32 Å². The summed E-state index contributed by atoms with van der Waals surface area (Å²) in [6.45, 7) is 4.85. The molecule has 0 spiro atoms. The average Bonchev–Trinajstić information content (AvgIpc) is 1.86. The molecule has 0 fully saturated rings. The van der Waals surface area contributed by atoms with Crippen LogP contribution >= 0.6 is 0 Å². The molecule has 0 saturated heterocycles. The molecule has 0 atom stereocenters. The van der Waals surface area contributed by atoms with Gasteiger partial charge in [-0.25, -0.2) is 4.79 Å². The molecule has 0 aromatic heterocycles. The topological polar surface area (TPSA) is 38.3 Å². The van der Waals surface area contributed by atoms with E-state index < -0.39 is 0 Å². The van der Waals surface area contributed by atoms with Crippen molar-refractivity contribution < 1.29 is 9.53 Å². The van der Waals surface area contributed by atoms with Crippen molar-refractivity contribution in [3.05, 3.63) is 11.6 Å². The number of ether oxygens (including phenoxy) is 1. The van der Waals surface area contributed by atoms with E-state index in [-0.39, 0.29) is 5.97 Å². The third kappa shape index (κ3) is 7.06. The molecular formula is C8H15NO2. The molecule has 3 heteroatoms. The molecule has 0 rings (SSSR count). The maximum absolute atomic E-state index is 10.8. The molecule has 0 aromatic rings. The van der Waals surface area contributed by atoms with Crippen LogP contribution in [-0.4, -0.2) is 26.2 Å². The van der Waals surface area contributed by atoms with Crippen molar-refractivity contribution in [3.8, 4) is 0 Å². The third-order valence-corrected chi connectivity index (χ3v) is 1.00. The maximum Gasteiger partial charge on any atom is 0.330 e. The van der Waals surface area contributed by atoms with Gasteiger partial charge in [0.1, 0.15) is 6.61 Å². The van der Waals surface area contributed by atoms with Gasteiger partial charge in [0, 0.05) is 12.6 Å². The van der Waals surface area contributed by atoms with Gasteiger partial charge in [-0.05, 0) is 20.9 Å². The van der Waals surface area contributed by atoms with Crippen LogP contribution in [0.2, 0.25) is 0 Å². The summed E-state index contributed by atoms with van der Waals surface area (Å²) in [5.41, 5.74) is 0.958. The van der Waals surface area contributed by atoms with E-state index in [4.69, 9.17) is 4.74 Å². The van der Waals surface area contributed by atoms with Crippen LogP contribution < -0.4 is 5.32 Å². The number of carbonyl (C=O) groups excluding carboxylic acids is 1. The average molecular weight is 157 g/mol. The lowest BCUT2D eigenvalue weighted by Crippen LogP contribution is -2.16. The molecule has 0 aromatic carbocycles. The monoisotopic (exact) mass is 157 g/mol. The molecule has 64 valence electrons. The van der Waals surface area contributed by atoms with Gasteiger partial charge in [0.15, 0.2) is 0 Å². The van der Waals surface area contributed by atoms with E-state index in [1.54, 1.807) is 0 Å². The Morgan fingerprint density at radius 3 is 2.64 bits per heavy atom. The molecule has 3 nitrogen and oxygen atoms in total. The Morgan fingerprint density at radius 1 is 1.55 bits per heavy atom. The quantitative estimate of drug-likeness (QED) is 0.371. The lowest BCUT2D eigenvalue weighted by atomic mass is 10.3. The Bertz CT molecular complexity index is 148. The Kier molecular flexibility index (Phi) is 5.47. The lowest BCUT2D eigenvalue weighted by molar-refractivity contribution is -0.137. The Balaban J connectivity index is 3.46. The smallest absolute Gasteiger partial charge is 0.330 e. The van der Waals surface area contributed by atoms with Gasteiger partial charge in [0.2, 0.25) is 0 Å². The van der Waals surface area contributed by atoms with Crippen molar-refractivity contribution in [2.24, 2.45) is 0 Å². The van der Waals surface area contributed by atoms with Crippen LogP contribution in [0.25, 0.3) is 0 Å². The summed E-state index contributed by atoms with van der Waals surface area (Å²) in [5, 5.41) is 2.88. The highest BCUT2D eigenvalue weighted by molar-refractivity contribution is 5.82. The third-order valence-electron chi connectivity index (χ3n) is 1.00. The number of hydrogen-bond donors (Lipinski definition) is 1. The van der Waals surface area contributed by atoms with Crippen LogP contribution in [-0.2, 0) is 9.53 Å². The van der Waals surface area contributed by atoms with Gasteiger partial charge in [-0.15, -0.1) is 0 Å². The second-order valence-corrected chi connectivity index (χ2v) is 2.49. The van der Waals surface area contributed by atoms with Crippen LogP contribution in [0.5, 0.6) is 0 Å². The minimum Gasteiger partial charge on any atom is -0.461 e. The summed E-state index contributed by atoms with van der Waals surface area (Å²) in [4.78, 5) is 10.8. The number of rotatable bonds is 4. The number of carbonyl (C=O) groups is 1. The maximum atomic E-state index is 10.8. The van der Waals surface area contributed by atoms with Gasteiger partial charge in [0.25, 0.3) is 0 Å². The first-order chi connectivity index (χ1) is 5.16. The molecule has 0 heterocycles. The first kappa shape index (κ1) is 10.2. The van der Waals surface area contributed by atoms with Crippen molar-refractivity contribution >= 4 is 5.97 Å². The van der Waals surface area contributed by atoms with E-state index in [1.807, 2.05) is 20.9 Å². The van der Waals surface area contributed by atoms with Crippen molar-refractivity contribution in [2.75, 3.05) is 20.2 Å². The molecule has 0 saturated carbocycles. The Morgan fingerprint density at radius 2 is 2.18 bits per heavy atom. The van der Waals surface area contributed by atoms with Gasteiger partial charge < -0.3 is 10.1 Å². The fourth-order valence-corrected chi connectivity index (χ4v) is 0.531. The molecular weight excluding hydrogens is 142 g/mol. The summed E-state index contributed by atoms with van der Waals surface area (Å²) in [7, 11) is 1.81. The molecule has 0 amide bonds. The van der Waals surface area contributed by atoms with Crippen LogP contribution in [0.1, 0.15) is 13.8 Å². The number of hydrogen-bond acceptors (Lipinski definition) is 3. The highest BCUT2D eigenvalue weighted by Gasteiger charge is 1.95. The molecule has 0 aliphatic carbocycles. The van der Waals surface area contributed by atoms with Crippen molar-refractivity contribution in [2.45, 2.75) is 13.8 Å². The van der Waals surface area contributed by atoms with Gasteiger partial charge in [-0.1, -0.05) is 5.57 Å². The standard InChI is InChI=1S/C8H15NO2/c1-7(2)6-8(10)11-5-4-9-3/h6,9H,4-5H2,1-3H3. The van der Waals surface area contributed by atoms with E-state index in [0.29, 0.717) is 13.2 Å². The zero-order valence-electron chi connectivity index (χ0n) is 7.31. The van der Waals surface area contributed by atoms with E-state index in [9.17, 15) is 4.79 Å². The summed E-state index contributed by atoms with van der Waals surface area (Å²) >= 11 is 0. The van der Waals surface area contributed by atoms with Crippen molar-refractivity contribution in [1.82, 2.24) is 5.32 Å². The van der Waals surface area contributed by atoms with E-state index in [0.717, 1.165) is 5.57 Å². The largest absolute Gasteiger partial charge is 0.461 e. The molecule has 0 aliphatic rings. The van der Waals surface area contributed by atoms with E-state index >= 15 is 0 Å². The second-order valence-electron chi connectivity index (χ2n) is 2.49. The molecule has 1 N–H and O–H groups in total. The highest BCUT2D eigenvalue weighted by atomic mass is 16.5.